The standard InChI is InChI=1S/C16H26N2/c1-3-16(17)15-5-4-10-18(12-15)11-14-8-6-13(2)7-9-14/h6-9,15-16H,3-5,10-12,17H2,1-2H3. The first-order chi connectivity index (χ1) is 8.69. The van der Waals surface area contributed by atoms with Crippen molar-refractivity contribution in [3.63, 3.8) is 0 Å². The summed E-state index contributed by atoms with van der Waals surface area (Å²) >= 11 is 0. The molecule has 0 amide bonds. The van der Waals surface area contributed by atoms with Crippen LogP contribution in [-0.4, -0.2) is 24.0 Å². The number of nitrogens with zero attached hydrogens (tertiary/aromatic N) is 1. The van der Waals surface area contributed by atoms with E-state index < -0.39 is 0 Å². The van der Waals surface area contributed by atoms with Crippen molar-refractivity contribution in [2.75, 3.05) is 13.1 Å². The van der Waals surface area contributed by atoms with Gasteiger partial charge in [0.15, 0.2) is 0 Å². The molecular weight excluding hydrogens is 220 g/mol. The topological polar surface area (TPSA) is 29.3 Å². The fourth-order valence-electron chi connectivity index (χ4n) is 2.87. The van der Waals surface area contributed by atoms with Crippen LogP contribution >= 0.6 is 0 Å². The fraction of sp³-hybridized carbons (Fsp3) is 0.625. The second-order valence-electron chi connectivity index (χ2n) is 5.70. The predicted molar refractivity (Wildman–Crippen MR) is 77.4 cm³/mol. The summed E-state index contributed by atoms with van der Waals surface area (Å²) in [5, 5.41) is 0. The second kappa shape index (κ2) is 6.35. The molecular formula is C16H26N2. The Bertz CT molecular complexity index is 358. The highest BCUT2D eigenvalue weighted by molar-refractivity contribution is 5.21. The van der Waals surface area contributed by atoms with E-state index in [1.165, 1.54) is 37.1 Å². The number of aryl methyl sites for hydroxylation is 1. The molecule has 0 aromatic heterocycles. The monoisotopic (exact) mass is 246 g/mol. The minimum atomic E-state index is 0.380. The van der Waals surface area contributed by atoms with Crippen LogP contribution in [-0.2, 0) is 6.54 Å². The molecule has 0 radical (unpaired) electrons. The average molecular weight is 246 g/mol. The van der Waals surface area contributed by atoms with Crippen molar-refractivity contribution in [3.8, 4) is 0 Å². The number of benzene rings is 1. The molecule has 0 saturated carbocycles. The molecule has 1 saturated heterocycles. The molecule has 1 aromatic carbocycles. The SMILES string of the molecule is CCC(N)C1CCCN(Cc2ccc(C)cc2)C1. The first-order valence-corrected chi connectivity index (χ1v) is 7.22. The van der Waals surface area contributed by atoms with Crippen molar-refractivity contribution in [1.29, 1.82) is 0 Å². The Morgan fingerprint density at radius 3 is 2.72 bits per heavy atom. The van der Waals surface area contributed by atoms with Gasteiger partial charge in [-0.3, -0.25) is 4.90 Å². The van der Waals surface area contributed by atoms with Crippen molar-refractivity contribution in [2.24, 2.45) is 11.7 Å². The number of likely N-dealkylation sites (tertiary alicyclic amines) is 1. The van der Waals surface area contributed by atoms with Crippen LogP contribution in [0.2, 0.25) is 0 Å². The Kier molecular flexibility index (Phi) is 4.79. The maximum atomic E-state index is 6.20. The van der Waals surface area contributed by atoms with Crippen molar-refractivity contribution < 1.29 is 0 Å². The fourth-order valence-corrected chi connectivity index (χ4v) is 2.87. The molecule has 1 heterocycles. The van der Waals surface area contributed by atoms with Crippen molar-refractivity contribution in [2.45, 2.75) is 45.7 Å². The van der Waals surface area contributed by atoms with Gasteiger partial charge in [0.05, 0.1) is 0 Å². The van der Waals surface area contributed by atoms with Crippen LogP contribution in [0.4, 0.5) is 0 Å². The lowest BCUT2D eigenvalue weighted by atomic mass is 9.89. The van der Waals surface area contributed by atoms with Gasteiger partial charge < -0.3 is 5.73 Å². The molecule has 2 nitrogen and oxygen atoms in total. The van der Waals surface area contributed by atoms with E-state index in [0.717, 1.165) is 13.0 Å². The molecule has 2 N–H and O–H groups in total. The Balaban J connectivity index is 1.91. The van der Waals surface area contributed by atoms with Gasteiger partial charge in [-0.25, -0.2) is 0 Å². The highest BCUT2D eigenvalue weighted by Gasteiger charge is 2.23. The Morgan fingerprint density at radius 1 is 1.33 bits per heavy atom. The molecule has 2 unspecified atom stereocenters. The lowest BCUT2D eigenvalue weighted by Crippen LogP contribution is -2.42. The Hall–Kier alpha value is -0.860. The summed E-state index contributed by atoms with van der Waals surface area (Å²) in [6.45, 7) is 7.81. The maximum Gasteiger partial charge on any atom is 0.0233 e. The van der Waals surface area contributed by atoms with E-state index in [1.807, 2.05) is 0 Å². The maximum absolute atomic E-state index is 6.20. The second-order valence-corrected chi connectivity index (χ2v) is 5.70. The Labute approximate surface area is 111 Å². The van der Waals surface area contributed by atoms with Crippen LogP contribution in [0.15, 0.2) is 24.3 Å². The third-order valence-corrected chi connectivity index (χ3v) is 4.15. The minimum Gasteiger partial charge on any atom is -0.327 e. The van der Waals surface area contributed by atoms with E-state index in [1.54, 1.807) is 0 Å². The molecule has 1 aliphatic rings. The largest absolute Gasteiger partial charge is 0.327 e. The summed E-state index contributed by atoms with van der Waals surface area (Å²) in [5.74, 6) is 0.689. The molecule has 0 aliphatic carbocycles. The van der Waals surface area contributed by atoms with E-state index in [2.05, 4.69) is 43.0 Å². The summed E-state index contributed by atoms with van der Waals surface area (Å²) in [5.41, 5.74) is 8.96. The molecule has 1 aromatic rings. The highest BCUT2D eigenvalue weighted by Crippen LogP contribution is 2.21. The summed E-state index contributed by atoms with van der Waals surface area (Å²) in [6, 6.07) is 9.28. The van der Waals surface area contributed by atoms with Gasteiger partial charge in [-0.2, -0.15) is 0 Å². The molecule has 2 atom stereocenters. The van der Waals surface area contributed by atoms with Crippen molar-refractivity contribution in [1.82, 2.24) is 4.90 Å². The lowest BCUT2D eigenvalue weighted by Gasteiger charge is -2.35. The number of nitrogens with two attached hydrogens (primary N) is 1. The van der Waals surface area contributed by atoms with Crippen LogP contribution < -0.4 is 5.73 Å². The van der Waals surface area contributed by atoms with Crippen molar-refractivity contribution >= 4 is 0 Å². The van der Waals surface area contributed by atoms with E-state index in [9.17, 15) is 0 Å². The van der Waals surface area contributed by atoms with Crippen LogP contribution in [0, 0.1) is 12.8 Å². The molecule has 18 heavy (non-hydrogen) atoms. The van der Waals surface area contributed by atoms with Gasteiger partial charge in [-0.05, 0) is 44.2 Å². The predicted octanol–water partition coefficient (Wildman–Crippen LogP) is 2.94. The number of hydrogen-bond acceptors (Lipinski definition) is 2. The van der Waals surface area contributed by atoms with E-state index in [0.29, 0.717) is 12.0 Å². The lowest BCUT2D eigenvalue weighted by molar-refractivity contribution is 0.149. The summed E-state index contributed by atoms with van der Waals surface area (Å²) in [4.78, 5) is 2.56. The van der Waals surface area contributed by atoms with Gasteiger partial charge in [0.25, 0.3) is 0 Å². The van der Waals surface area contributed by atoms with E-state index in [4.69, 9.17) is 5.73 Å². The molecule has 0 bridgehead atoms. The van der Waals surface area contributed by atoms with Crippen molar-refractivity contribution in [3.05, 3.63) is 35.4 Å². The minimum absolute atomic E-state index is 0.380. The van der Waals surface area contributed by atoms with E-state index >= 15 is 0 Å². The molecule has 2 heteroatoms. The number of hydrogen-bond donors (Lipinski definition) is 1. The van der Waals surface area contributed by atoms with E-state index in [-0.39, 0.29) is 0 Å². The van der Waals surface area contributed by atoms with Gasteiger partial charge in [-0.1, -0.05) is 36.8 Å². The smallest absolute Gasteiger partial charge is 0.0233 e. The molecule has 2 rings (SSSR count). The number of piperidine rings is 1. The summed E-state index contributed by atoms with van der Waals surface area (Å²) in [7, 11) is 0. The first-order valence-electron chi connectivity index (χ1n) is 7.22. The van der Waals surface area contributed by atoms with Gasteiger partial charge in [0.2, 0.25) is 0 Å². The molecule has 100 valence electrons. The van der Waals surface area contributed by atoms with Crippen LogP contribution in [0.3, 0.4) is 0 Å². The van der Waals surface area contributed by atoms with Crippen LogP contribution in [0.1, 0.15) is 37.3 Å². The molecule has 1 fully saturated rings. The van der Waals surface area contributed by atoms with Gasteiger partial charge in [0, 0.05) is 19.1 Å². The summed E-state index contributed by atoms with van der Waals surface area (Å²) in [6.07, 6.45) is 3.70. The quantitative estimate of drug-likeness (QED) is 0.885. The third kappa shape index (κ3) is 3.56. The first kappa shape index (κ1) is 13.6. The molecule has 0 spiro atoms. The Morgan fingerprint density at radius 2 is 2.06 bits per heavy atom. The zero-order chi connectivity index (χ0) is 13.0. The molecule has 1 aliphatic heterocycles. The number of rotatable bonds is 4. The third-order valence-electron chi connectivity index (χ3n) is 4.15. The highest BCUT2D eigenvalue weighted by atomic mass is 15.1. The zero-order valence-corrected chi connectivity index (χ0v) is 11.7. The van der Waals surface area contributed by atoms with Gasteiger partial charge >= 0.3 is 0 Å². The zero-order valence-electron chi connectivity index (χ0n) is 11.7. The van der Waals surface area contributed by atoms with Gasteiger partial charge in [0.1, 0.15) is 0 Å². The van der Waals surface area contributed by atoms with Crippen LogP contribution in [0.5, 0.6) is 0 Å². The normalized spacial score (nSPS) is 22.9. The summed E-state index contributed by atoms with van der Waals surface area (Å²) < 4.78 is 0. The van der Waals surface area contributed by atoms with Crippen LogP contribution in [0.25, 0.3) is 0 Å². The van der Waals surface area contributed by atoms with Gasteiger partial charge in [-0.15, -0.1) is 0 Å². The average Bonchev–Trinajstić information content (AvgIpc) is 2.41.